The Morgan fingerprint density at radius 1 is 1.17 bits per heavy atom. The minimum Gasteiger partial charge on any atom is -0.392 e. The lowest BCUT2D eigenvalue weighted by Crippen LogP contribution is -1.95. The lowest BCUT2D eigenvalue weighted by atomic mass is 10.1. The highest BCUT2D eigenvalue weighted by atomic mass is 32.1. The summed E-state index contributed by atoms with van der Waals surface area (Å²) in [5, 5.41) is 8.82. The predicted molar refractivity (Wildman–Crippen MR) is 59.8 cm³/mol. The maximum atomic E-state index is 8.82. The van der Waals surface area contributed by atoms with Crippen LogP contribution in [0.2, 0.25) is 0 Å². The summed E-state index contributed by atoms with van der Waals surface area (Å²) in [6.45, 7) is 7.97. The van der Waals surface area contributed by atoms with E-state index < -0.39 is 0 Å². The minimum atomic E-state index is 0.108. The van der Waals surface area contributed by atoms with Gasteiger partial charge in [0.25, 0.3) is 0 Å². The van der Waals surface area contributed by atoms with Crippen LogP contribution in [0.3, 0.4) is 0 Å². The van der Waals surface area contributed by atoms with Crippen molar-refractivity contribution in [2.75, 3.05) is 12.4 Å². The van der Waals surface area contributed by atoms with Gasteiger partial charge in [0.2, 0.25) is 0 Å². The first-order valence-corrected chi connectivity index (χ1v) is 4.95. The number of hydrogen-bond donors (Lipinski definition) is 2. The lowest BCUT2D eigenvalue weighted by molar-refractivity contribution is 0.333. The topological polar surface area (TPSA) is 20.2 Å². The molecule has 0 atom stereocenters. The Kier molecular flexibility index (Phi) is 12.9. The Bertz CT molecular complexity index is 130. The zero-order chi connectivity index (χ0) is 9.98. The van der Waals surface area contributed by atoms with Crippen LogP contribution >= 0.6 is 12.6 Å². The van der Waals surface area contributed by atoms with Crippen molar-refractivity contribution in [3.63, 3.8) is 0 Å². The second-order valence-electron chi connectivity index (χ2n) is 1.94. The molecule has 72 valence electrons. The van der Waals surface area contributed by atoms with Crippen molar-refractivity contribution in [3.05, 3.63) is 23.3 Å². The van der Waals surface area contributed by atoms with Gasteiger partial charge in [0.15, 0.2) is 0 Å². The average Bonchev–Trinajstić information content (AvgIpc) is 2.17. The molecule has 0 aromatic heterocycles. The second-order valence-corrected chi connectivity index (χ2v) is 2.26. The van der Waals surface area contributed by atoms with Crippen LogP contribution in [-0.2, 0) is 0 Å². The standard InChI is InChI=1S/C8H14OS.C2H6/c1-3-7(5-9)8(4-2)6-10;1-2/h3-4,9-10H,5-6H2,1-2H3;1-2H3/b7-3-,8-4-;. The smallest absolute Gasteiger partial charge is 0.0681 e. The molecule has 1 N–H and O–H groups in total. The van der Waals surface area contributed by atoms with E-state index in [1.165, 1.54) is 0 Å². The summed E-state index contributed by atoms with van der Waals surface area (Å²) in [6.07, 6.45) is 3.88. The molecule has 0 unspecified atom stereocenters. The van der Waals surface area contributed by atoms with Gasteiger partial charge in [-0.25, -0.2) is 0 Å². The van der Waals surface area contributed by atoms with Crippen molar-refractivity contribution >= 4 is 12.6 Å². The van der Waals surface area contributed by atoms with Crippen LogP contribution in [0.1, 0.15) is 27.7 Å². The molecule has 0 aliphatic heterocycles. The van der Waals surface area contributed by atoms with E-state index >= 15 is 0 Å². The van der Waals surface area contributed by atoms with Gasteiger partial charge in [-0.1, -0.05) is 26.0 Å². The molecule has 0 aromatic rings. The number of thiol groups is 1. The van der Waals surface area contributed by atoms with Crippen LogP contribution in [0.4, 0.5) is 0 Å². The molecule has 0 radical (unpaired) electrons. The molecule has 12 heavy (non-hydrogen) atoms. The summed E-state index contributed by atoms with van der Waals surface area (Å²) in [5.41, 5.74) is 2.07. The van der Waals surface area contributed by atoms with Crippen molar-refractivity contribution in [2.45, 2.75) is 27.7 Å². The first-order chi connectivity index (χ1) is 5.79. The molecule has 0 spiro atoms. The van der Waals surface area contributed by atoms with Gasteiger partial charge in [-0.05, 0) is 25.0 Å². The summed E-state index contributed by atoms with van der Waals surface area (Å²) >= 11 is 4.12. The number of allylic oxidation sites excluding steroid dienone is 2. The molecule has 0 aromatic carbocycles. The number of rotatable bonds is 3. The van der Waals surface area contributed by atoms with Crippen molar-refractivity contribution in [2.24, 2.45) is 0 Å². The van der Waals surface area contributed by atoms with Crippen LogP contribution in [0, 0.1) is 0 Å². The molecule has 0 bridgehead atoms. The largest absolute Gasteiger partial charge is 0.392 e. The van der Waals surface area contributed by atoms with Gasteiger partial charge in [0.1, 0.15) is 0 Å². The molecule has 0 saturated carbocycles. The van der Waals surface area contributed by atoms with Gasteiger partial charge < -0.3 is 5.11 Å². The third kappa shape index (κ3) is 5.44. The Labute approximate surface area is 81.6 Å². The predicted octanol–water partition coefficient (Wildman–Crippen LogP) is 2.83. The van der Waals surface area contributed by atoms with E-state index in [4.69, 9.17) is 5.11 Å². The summed E-state index contributed by atoms with van der Waals surface area (Å²) < 4.78 is 0. The van der Waals surface area contributed by atoms with Gasteiger partial charge in [-0.2, -0.15) is 12.6 Å². The van der Waals surface area contributed by atoms with Gasteiger partial charge >= 0.3 is 0 Å². The molecule has 0 saturated heterocycles. The highest BCUT2D eigenvalue weighted by Gasteiger charge is 1.97. The summed E-state index contributed by atoms with van der Waals surface area (Å²) in [4.78, 5) is 0. The van der Waals surface area contributed by atoms with Crippen molar-refractivity contribution in [3.8, 4) is 0 Å². The highest BCUT2D eigenvalue weighted by Crippen LogP contribution is 2.09. The first kappa shape index (κ1) is 14.3. The Morgan fingerprint density at radius 3 is 1.67 bits per heavy atom. The zero-order valence-corrected chi connectivity index (χ0v) is 9.36. The van der Waals surface area contributed by atoms with E-state index in [0.29, 0.717) is 5.75 Å². The highest BCUT2D eigenvalue weighted by molar-refractivity contribution is 7.80. The molecular weight excluding hydrogens is 168 g/mol. The second kappa shape index (κ2) is 10.8. The molecule has 0 rings (SSSR count). The first-order valence-electron chi connectivity index (χ1n) is 4.32. The fourth-order valence-electron chi connectivity index (χ4n) is 0.756. The fraction of sp³-hybridized carbons (Fsp3) is 0.600. The quantitative estimate of drug-likeness (QED) is 0.515. The molecule has 2 heteroatoms. The lowest BCUT2D eigenvalue weighted by Gasteiger charge is -2.04. The normalized spacial score (nSPS) is 12.2. The van der Waals surface area contributed by atoms with Gasteiger partial charge in [-0.3, -0.25) is 0 Å². The maximum Gasteiger partial charge on any atom is 0.0681 e. The molecule has 0 heterocycles. The number of hydrogen-bond acceptors (Lipinski definition) is 2. The molecule has 0 fully saturated rings. The van der Waals surface area contributed by atoms with Crippen LogP contribution in [-0.4, -0.2) is 17.5 Å². The van der Waals surface area contributed by atoms with Gasteiger partial charge in [-0.15, -0.1) is 0 Å². The minimum absolute atomic E-state index is 0.108. The third-order valence-electron chi connectivity index (χ3n) is 1.45. The van der Waals surface area contributed by atoms with E-state index in [1.54, 1.807) is 0 Å². The monoisotopic (exact) mass is 188 g/mol. The molecule has 1 nitrogen and oxygen atoms in total. The van der Waals surface area contributed by atoms with Gasteiger partial charge in [0, 0.05) is 5.75 Å². The average molecular weight is 188 g/mol. The Morgan fingerprint density at radius 2 is 1.58 bits per heavy atom. The summed E-state index contributed by atoms with van der Waals surface area (Å²) in [6, 6.07) is 0. The van der Waals surface area contributed by atoms with Gasteiger partial charge in [0.05, 0.1) is 6.61 Å². The third-order valence-corrected chi connectivity index (χ3v) is 1.79. The molecule has 0 amide bonds. The molecule has 0 aliphatic carbocycles. The zero-order valence-electron chi connectivity index (χ0n) is 8.46. The Hall–Kier alpha value is -0.210. The number of aliphatic hydroxyl groups excluding tert-OH is 1. The van der Waals surface area contributed by atoms with Crippen molar-refractivity contribution in [1.82, 2.24) is 0 Å². The van der Waals surface area contributed by atoms with Crippen molar-refractivity contribution in [1.29, 1.82) is 0 Å². The van der Waals surface area contributed by atoms with E-state index in [-0.39, 0.29) is 6.61 Å². The Balaban J connectivity index is 0. The van der Waals surface area contributed by atoms with Crippen molar-refractivity contribution < 1.29 is 5.11 Å². The van der Waals surface area contributed by atoms with Crippen LogP contribution < -0.4 is 0 Å². The van der Waals surface area contributed by atoms with Crippen LogP contribution in [0.15, 0.2) is 23.3 Å². The van der Waals surface area contributed by atoms with E-state index in [0.717, 1.165) is 11.1 Å². The van der Waals surface area contributed by atoms with E-state index in [9.17, 15) is 0 Å². The van der Waals surface area contributed by atoms with E-state index in [1.807, 2.05) is 39.8 Å². The van der Waals surface area contributed by atoms with Crippen LogP contribution in [0.5, 0.6) is 0 Å². The molecular formula is C10H20OS. The summed E-state index contributed by atoms with van der Waals surface area (Å²) in [7, 11) is 0. The SMILES string of the molecule is C/C=C(CO)\C(=C/C)CS.CC. The maximum absolute atomic E-state index is 8.82. The van der Waals surface area contributed by atoms with Crippen LogP contribution in [0.25, 0.3) is 0 Å². The number of aliphatic hydroxyl groups is 1. The molecule has 0 aliphatic rings. The fourth-order valence-corrected chi connectivity index (χ4v) is 1.14. The summed E-state index contributed by atoms with van der Waals surface area (Å²) in [5.74, 6) is 0.691. The van der Waals surface area contributed by atoms with E-state index in [2.05, 4.69) is 12.6 Å².